The molecule has 0 spiro atoms. The van der Waals surface area contributed by atoms with Crippen LogP contribution in [0.3, 0.4) is 0 Å². The molecule has 0 radical (unpaired) electrons. The first-order chi connectivity index (χ1) is 4.21. The summed E-state index contributed by atoms with van der Waals surface area (Å²) in [6.07, 6.45) is 5.64. The molecule has 2 heteroatoms. The molecule has 1 heterocycles. The van der Waals surface area contributed by atoms with Gasteiger partial charge in [0, 0.05) is 0 Å². The topological polar surface area (TPSA) is 0 Å². The Morgan fingerprint density at radius 3 is 1.89 bits per heavy atom. The lowest BCUT2D eigenvalue weighted by Crippen LogP contribution is -2.19. The molecular formula is C7H15ClSi. The molecule has 0 aromatic heterocycles. The van der Waals surface area contributed by atoms with Gasteiger partial charge < -0.3 is 0 Å². The Bertz CT molecular complexity index is 80.9. The monoisotopic (exact) mass is 162 g/mol. The Morgan fingerprint density at radius 2 is 1.44 bits per heavy atom. The number of halogens is 1. The van der Waals surface area contributed by atoms with E-state index in [0.29, 0.717) is 0 Å². The molecule has 54 valence electrons. The van der Waals surface area contributed by atoms with Crippen molar-refractivity contribution in [3.8, 4) is 0 Å². The maximum absolute atomic E-state index is 6.32. The van der Waals surface area contributed by atoms with E-state index in [1.807, 2.05) is 0 Å². The highest BCUT2D eigenvalue weighted by Gasteiger charge is 2.24. The van der Waals surface area contributed by atoms with E-state index in [1.165, 1.54) is 37.8 Å². The molecule has 1 saturated heterocycles. The van der Waals surface area contributed by atoms with Crippen LogP contribution in [0.5, 0.6) is 0 Å². The van der Waals surface area contributed by atoms with Crippen LogP contribution in [0.25, 0.3) is 0 Å². The van der Waals surface area contributed by atoms with Crippen LogP contribution in [0.4, 0.5) is 0 Å². The maximum atomic E-state index is 6.32. The highest BCUT2D eigenvalue weighted by molar-refractivity contribution is 7.19. The molecule has 0 unspecified atom stereocenters. The first kappa shape index (κ1) is 7.61. The summed E-state index contributed by atoms with van der Waals surface area (Å²) < 4.78 is 0. The molecule has 0 aliphatic carbocycles. The number of hydrogen-bond acceptors (Lipinski definition) is 0. The van der Waals surface area contributed by atoms with Gasteiger partial charge in [-0.15, -0.1) is 0 Å². The summed E-state index contributed by atoms with van der Waals surface area (Å²) in [5, 5.41) is 0. The zero-order valence-corrected chi connectivity index (χ0v) is 7.88. The van der Waals surface area contributed by atoms with Gasteiger partial charge in [0.15, 0.2) is 7.38 Å². The van der Waals surface area contributed by atoms with Crippen molar-refractivity contribution in [3.05, 3.63) is 0 Å². The fourth-order valence-electron chi connectivity index (χ4n) is 1.47. The van der Waals surface area contributed by atoms with Crippen molar-refractivity contribution < 1.29 is 0 Å². The molecule has 1 aliphatic rings. The van der Waals surface area contributed by atoms with Crippen LogP contribution >= 0.6 is 11.1 Å². The molecule has 0 aromatic rings. The van der Waals surface area contributed by atoms with Crippen molar-refractivity contribution in [2.24, 2.45) is 0 Å². The van der Waals surface area contributed by atoms with Crippen LogP contribution in [0, 0.1) is 0 Å². The number of rotatable bonds is 0. The van der Waals surface area contributed by atoms with Crippen LogP contribution in [0.2, 0.25) is 18.6 Å². The quantitative estimate of drug-likeness (QED) is 0.379. The molecule has 0 N–H and O–H groups in total. The molecule has 1 fully saturated rings. The van der Waals surface area contributed by atoms with E-state index >= 15 is 0 Å². The van der Waals surface area contributed by atoms with Crippen LogP contribution in [-0.2, 0) is 0 Å². The smallest absolute Gasteiger partial charge is 0.153 e. The summed E-state index contributed by atoms with van der Waals surface area (Å²) in [7, 11) is -1.17. The molecular weight excluding hydrogens is 148 g/mol. The van der Waals surface area contributed by atoms with E-state index < -0.39 is 7.38 Å². The van der Waals surface area contributed by atoms with Gasteiger partial charge in [-0.3, -0.25) is 0 Å². The van der Waals surface area contributed by atoms with E-state index in [-0.39, 0.29) is 0 Å². The van der Waals surface area contributed by atoms with Crippen molar-refractivity contribution in [3.63, 3.8) is 0 Å². The molecule has 0 atom stereocenters. The average Bonchev–Trinajstić information content (AvgIpc) is 1.92. The molecule has 1 aliphatic heterocycles. The summed E-state index contributed by atoms with van der Waals surface area (Å²) in [5.74, 6) is 0. The van der Waals surface area contributed by atoms with Gasteiger partial charge in [-0.05, 0) is 12.1 Å². The predicted octanol–water partition coefficient (Wildman–Crippen LogP) is 3.37. The lowest BCUT2D eigenvalue weighted by Gasteiger charge is -2.14. The van der Waals surface area contributed by atoms with Crippen LogP contribution in [0.1, 0.15) is 25.7 Å². The molecule has 9 heavy (non-hydrogen) atoms. The molecule has 0 saturated carbocycles. The minimum atomic E-state index is -1.17. The summed E-state index contributed by atoms with van der Waals surface area (Å²) in [5.41, 5.74) is 0. The summed E-state index contributed by atoms with van der Waals surface area (Å²) >= 11 is 6.32. The molecule has 0 nitrogen and oxygen atoms in total. The highest BCUT2D eigenvalue weighted by atomic mass is 35.6. The van der Waals surface area contributed by atoms with Gasteiger partial charge in [-0.2, -0.15) is 11.1 Å². The first-order valence-electron chi connectivity index (χ1n) is 3.90. The van der Waals surface area contributed by atoms with Gasteiger partial charge in [-0.25, -0.2) is 0 Å². The van der Waals surface area contributed by atoms with Crippen LogP contribution in [0.15, 0.2) is 0 Å². The van der Waals surface area contributed by atoms with Crippen molar-refractivity contribution in [1.29, 1.82) is 0 Å². The minimum Gasteiger partial charge on any atom is -0.167 e. The largest absolute Gasteiger partial charge is 0.167 e. The summed E-state index contributed by atoms with van der Waals surface area (Å²) in [6, 6.07) is 2.71. The SMILES string of the molecule is C[Si]1(Cl)CCCCCC1. The molecule has 1 rings (SSSR count). The molecule has 0 amide bonds. The Labute approximate surface area is 63.3 Å². The summed E-state index contributed by atoms with van der Waals surface area (Å²) in [4.78, 5) is 0. The maximum Gasteiger partial charge on any atom is 0.153 e. The Morgan fingerprint density at radius 1 is 1.00 bits per heavy atom. The van der Waals surface area contributed by atoms with Crippen molar-refractivity contribution in [1.82, 2.24) is 0 Å². The van der Waals surface area contributed by atoms with Crippen molar-refractivity contribution in [2.45, 2.75) is 44.3 Å². The fourth-order valence-corrected chi connectivity index (χ4v) is 4.49. The number of hydrogen-bond donors (Lipinski definition) is 0. The summed E-state index contributed by atoms with van der Waals surface area (Å²) in [6.45, 7) is 2.31. The van der Waals surface area contributed by atoms with E-state index in [1.54, 1.807) is 0 Å². The third-order valence-corrected chi connectivity index (χ3v) is 6.07. The van der Waals surface area contributed by atoms with Crippen LogP contribution in [-0.4, -0.2) is 7.38 Å². The Kier molecular flexibility index (Phi) is 2.59. The second-order valence-corrected chi connectivity index (χ2v) is 9.89. The van der Waals surface area contributed by atoms with E-state index in [0.717, 1.165) is 0 Å². The highest BCUT2D eigenvalue weighted by Crippen LogP contribution is 2.29. The van der Waals surface area contributed by atoms with Crippen LogP contribution < -0.4 is 0 Å². The van der Waals surface area contributed by atoms with Gasteiger partial charge in [0.1, 0.15) is 0 Å². The molecule has 0 aromatic carbocycles. The van der Waals surface area contributed by atoms with Gasteiger partial charge in [0.25, 0.3) is 0 Å². The van der Waals surface area contributed by atoms with Gasteiger partial charge in [0.2, 0.25) is 0 Å². The van der Waals surface area contributed by atoms with Crippen molar-refractivity contribution in [2.75, 3.05) is 0 Å². The minimum absolute atomic E-state index is 1.17. The lowest BCUT2D eigenvalue weighted by atomic mass is 10.2. The average molecular weight is 163 g/mol. The Balaban J connectivity index is 2.36. The first-order valence-corrected chi connectivity index (χ1v) is 7.82. The fraction of sp³-hybridized carbons (Fsp3) is 1.00. The Hall–Kier alpha value is 0.507. The van der Waals surface area contributed by atoms with Gasteiger partial charge in [-0.1, -0.05) is 32.2 Å². The van der Waals surface area contributed by atoms with E-state index in [2.05, 4.69) is 6.55 Å². The zero-order chi connectivity index (χ0) is 6.74. The third kappa shape index (κ3) is 2.72. The second kappa shape index (κ2) is 3.06. The van der Waals surface area contributed by atoms with Gasteiger partial charge in [0.05, 0.1) is 0 Å². The molecule has 0 bridgehead atoms. The van der Waals surface area contributed by atoms with Gasteiger partial charge >= 0.3 is 0 Å². The standard InChI is InChI=1S/C7H15ClSi/c1-9(8)6-4-2-3-5-7-9/h2-7H2,1H3. The second-order valence-electron chi connectivity index (χ2n) is 3.33. The zero-order valence-electron chi connectivity index (χ0n) is 6.12. The predicted molar refractivity (Wildman–Crippen MR) is 45.6 cm³/mol. The van der Waals surface area contributed by atoms with E-state index in [9.17, 15) is 0 Å². The lowest BCUT2D eigenvalue weighted by molar-refractivity contribution is 0.720. The third-order valence-electron chi connectivity index (χ3n) is 2.15. The van der Waals surface area contributed by atoms with Crippen molar-refractivity contribution >= 4 is 18.5 Å². The van der Waals surface area contributed by atoms with E-state index in [4.69, 9.17) is 11.1 Å². The normalized spacial score (nSPS) is 27.3.